The van der Waals surface area contributed by atoms with E-state index in [2.05, 4.69) is 5.32 Å². The molecule has 2 aromatic rings. The van der Waals surface area contributed by atoms with Crippen molar-refractivity contribution in [2.24, 2.45) is 0 Å². The first kappa shape index (κ1) is 17.1. The highest BCUT2D eigenvalue weighted by atomic mass is 16.6. The van der Waals surface area contributed by atoms with Crippen molar-refractivity contribution >= 4 is 17.3 Å². The fourth-order valence-corrected chi connectivity index (χ4v) is 2.16. The summed E-state index contributed by atoms with van der Waals surface area (Å²) in [5, 5.41) is 24.4. The third-order valence-electron chi connectivity index (χ3n) is 3.51. The van der Waals surface area contributed by atoms with Crippen LogP contribution in [0.5, 0.6) is 0 Å². The van der Waals surface area contributed by atoms with Gasteiger partial charge in [-0.3, -0.25) is 25.0 Å². The van der Waals surface area contributed by atoms with E-state index in [1.54, 1.807) is 6.92 Å². The molecule has 0 unspecified atom stereocenters. The maximum atomic E-state index is 12.3. The molecule has 2 aromatic carbocycles. The summed E-state index contributed by atoms with van der Waals surface area (Å²) in [6, 6.07) is 10.0. The summed E-state index contributed by atoms with van der Waals surface area (Å²) in [7, 11) is 0. The van der Waals surface area contributed by atoms with Crippen LogP contribution in [0.1, 0.15) is 34.5 Å². The minimum Gasteiger partial charge on any atom is -0.346 e. The summed E-state index contributed by atoms with van der Waals surface area (Å²) in [5.74, 6) is -0.616. The lowest BCUT2D eigenvalue weighted by atomic mass is 10.1. The van der Waals surface area contributed by atoms with Crippen LogP contribution in [-0.4, -0.2) is 15.8 Å². The fourth-order valence-electron chi connectivity index (χ4n) is 2.16. The highest BCUT2D eigenvalue weighted by Gasteiger charge is 2.21. The second kappa shape index (κ2) is 6.86. The SMILES string of the molecule is Cc1ccc([C@H](C)NC(=O)c2cc([N+](=O)[O-])cc([N+](=O)[O-])c2)cc1. The van der Waals surface area contributed by atoms with Gasteiger partial charge in [0.2, 0.25) is 0 Å². The molecular formula is C16H15N3O5. The lowest BCUT2D eigenvalue weighted by Gasteiger charge is -2.14. The number of nitrogens with one attached hydrogen (secondary N) is 1. The Bertz CT molecular complexity index is 770. The van der Waals surface area contributed by atoms with Crippen LogP contribution in [0.4, 0.5) is 11.4 Å². The number of rotatable bonds is 5. The van der Waals surface area contributed by atoms with E-state index >= 15 is 0 Å². The van der Waals surface area contributed by atoms with E-state index in [9.17, 15) is 25.0 Å². The number of hydrogen-bond acceptors (Lipinski definition) is 5. The summed E-state index contributed by atoms with van der Waals surface area (Å²) < 4.78 is 0. The monoisotopic (exact) mass is 329 g/mol. The van der Waals surface area contributed by atoms with Crippen LogP contribution in [0.15, 0.2) is 42.5 Å². The highest BCUT2D eigenvalue weighted by molar-refractivity contribution is 5.95. The molecule has 0 bridgehead atoms. The van der Waals surface area contributed by atoms with Crippen molar-refractivity contribution in [3.8, 4) is 0 Å². The molecule has 1 amide bonds. The zero-order chi connectivity index (χ0) is 17.9. The van der Waals surface area contributed by atoms with Crippen LogP contribution in [0.25, 0.3) is 0 Å². The number of nitrogens with zero attached hydrogens (tertiary/aromatic N) is 2. The van der Waals surface area contributed by atoms with Crippen LogP contribution in [-0.2, 0) is 0 Å². The molecule has 8 heteroatoms. The van der Waals surface area contributed by atoms with Crippen LogP contribution < -0.4 is 5.32 Å². The molecular weight excluding hydrogens is 314 g/mol. The first-order valence-corrected chi connectivity index (χ1v) is 7.09. The lowest BCUT2D eigenvalue weighted by Crippen LogP contribution is -2.26. The number of aryl methyl sites for hydroxylation is 1. The number of non-ortho nitro benzene ring substituents is 2. The van der Waals surface area contributed by atoms with Crippen LogP contribution in [0.3, 0.4) is 0 Å². The quantitative estimate of drug-likeness (QED) is 0.667. The molecule has 1 atom stereocenters. The molecule has 0 saturated carbocycles. The molecule has 0 aliphatic rings. The Morgan fingerprint density at radius 3 is 1.96 bits per heavy atom. The summed E-state index contributed by atoms with van der Waals surface area (Å²) in [6.45, 7) is 3.70. The average Bonchev–Trinajstić information content (AvgIpc) is 2.54. The molecule has 124 valence electrons. The van der Waals surface area contributed by atoms with Gasteiger partial charge in [-0.25, -0.2) is 0 Å². The Hall–Kier alpha value is -3.29. The second-order valence-corrected chi connectivity index (χ2v) is 5.36. The van der Waals surface area contributed by atoms with Gasteiger partial charge in [-0.1, -0.05) is 29.8 Å². The topological polar surface area (TPSA) is 115 Å². The molecule has 1 N–H and O–H groups in total. The molecule has 0 heterocycles. The van der Waals surface area contributed by atoms with Gasteiger partial charge < -0.3 is 5.32 Å². The van der Waals surface area contributed by atoms with Crippen molar-refractivity contribution in [1.82, 2.24) is 5.32 Å². The van der Waals surface area contributed by atoms with Crippen LogP contribution >= 0.6 is 0 Å². The Kier molecular flexibility index (Phi) is 4.88. The van der Waals surface area contributed by atoms with Crippen molar-refractivity contribution in [2.45, 2.75) is 19.9 Å². The minimum atomic E-state index is -0.771. The van der Waals surface area contributed by atoms with Gasteiger partial charge in [0.15, 0.2) is 0 Å². The Balaban J connectivity index is 2.27. The molecule has 24 heavy (non-hydrogen) atoms. The number of hydrogen-bond donors (Lipinski definition) is 1. The zero-order valence-corrected chi connectivity index (χ0v) is 13.1. The fraction of sp³-hybridized carbons (Fsp3) is 0.188. The Morgan fingerprint density at radius 1 is 1.00 bits per heavy atom. The number of amides is 1. The first-order valence-electron chi connectivity index (χ1n) is 7.09. The van der Waals surface area contributed by atoms with Gasteiger partial charge in [0.1, 0.15) is 0 Å². The summed E-state index contributed by atoms with van der Waals surface area (Å²) in [5.41, 5.74) is 0.796. The van der Waals surface area contributed by atoms with E-state index in [4.69, 9.17) is 0 Å². The van der Waals surface area contributed by atoms with Gasteiger partial charge in [-0.2, -0.15) is 0 Å². The van der Waals surface area contributed by atoms with Crippen molar-refractivity contribution in [1.29, 1.82) is 0 Å². The molecule has 0 radical (unpaired) electrons. The maximum Gasteiger partial charge on any atom is 0.277 e. The van der Waals surface area contributed by atoms with E-state index in [1.807, 2.05) is 31.2 Å². The van der Waals surface area contributed by atoms with Crippen LogP contribution in [0, 0.1) is 27.2 Å². The summed E-state index contributed by atoms with van der Waals surface area (Å²) in [4.78, 5) is 32.5. The molecule has 0 fully saturated rings. The minimum absolute atomic E-state index is 0.130. The van der Waals surface area contributed by atoms with E-state index in [0.717, 1.165) is 29.3 Å². The van der Waals surface area contributed by atoms with Crippen molar-refractivity contribution in [2.75, 3.05) is 0 Å². The summed E-state index contributed by atoms with van der Waals surface area (Å²) >= 11 is 0. The molecule has 8 nitrogen and oxygen atoms in total. The highest BCUT2D eigenvalue weighted by Crippen LogP contribution is 2.23. The third-order valence-corrected chi connectivity index (χ3v) is 3.51. The van der Waals surface area contributed by atoms with E-state index in [1.165, 1.54) is 0 Å². The molecule has 0 saturated heterocycles. The molecule has 0 aliphatic heterocycles. The number of nitro benzene ring substituents is 2. The van der Waals surface area contributed by atoms with Crippen molar-refractivity contribution in [3.05, 3.63) is 79.4 Å². The summed E-state index contributed by atoms with van der Waals surface area (Å²) in [6.07, 6.45) is 0. The number of carbonyl (C=O) groups excluding carboxylic acids is 1. The van der Waals surface area contributed by atoms with Gasteiger partial charge in [-0.15, -0.1) is 0 Å². The number of carbonyl (C=O) groups is 1. The largest absolute Gasteiger partial charge is 0.346 e. The van der Waals surface area contributed by atoms with Gasteiger partial charge in [-0.05, 0) is 19.4 Å². The molecule has 0 aliphatic carbocycles. The zero-order valence-electron chi connectivity index (χ0n) is 13.1. The van der Waals surface area contributed by atoms with Gasteiger partial charge >= 0.3 is 0 Å². The normalized spacial score (nSPS) is 11.6. The smallest absolute Gasteiger partial charge is 0.277 e. The van der Waals surface area contributed by atoms with Crippen molar-refractivity contribution < 1.29 is 14.6 Å². The van der Waals surface area contributed by atoms with Crippen LogP contribution in [0.2, 0.25) is 0 Å². The lowest BCUT2D eigenvalue weighted by molar-refractivity contribution is -0.394. The van der Waals surface area contributed by atoms with E-state index < -0.39 is 27.1 Å². The Labute approximate surface area is 137 Å². The Morgan fingerprint density at radius 2 is 1.50 bits per heavy atom. The average molecular weight is 329 g/mol. The van der Waals surface area contributed by atoms with Gasteiger partial charge in [0, 0.05) is 12.1 Å². The van der Waals surface area contributed by atoms with E-state index in [-0.39, 0.29) is 11.6 Å². The predicted molar refractivity (Wildman–Crippen MR) is 86.8 cm³/mol. The second-order valence-electron chi connectivity index (χ2n) is 5.36. The standard InChI is InChI=1S/C16H15N3O5/c1-10-3-5-12(6-4-10)11(2)17-16(20)13-7-14(18(21)22)9-15(8-13)19(23)24/h3-9,11H,1-2H3,(H,17,20)/t11-/m0/s1. The van der Waals surface area contributed by atoms with Gasteiger partial charge in [0.05, 0.1) is 27.5 Å². The third kappa shape index (κ3) is 3.92. The molecule has 0 aromatic heterocycles. The first-order chi connectivity index (χ1) is 11.3. The maximum absolute atomic E-state index is 12.3. The van der Waals surface area contributed by atoms with Gasteiger partial charge in [0.25, 0.3) is 17.3 Å². The van der Waals surface area contributed by atoms with E-state index in [0.29, 0.717) is 0 Å². The number of benzene rings is 2. The van der Waals surface area contributed by atoms with Crippen molar-refractivity contribution in [3.63, 3.8) is 0 Å². The predicted octanol–water partition coefficient (Wildman–Crippen LogP) is 3.30. The molecule has 2 rings (SSSR count). The molecule has 0 spiro atoms. The number of nitro groups is 2.